The minimum atomic E-state index is -0.0278. The highest BCUT2D eigenvalue weighted by Gasteiger charge is 2.30. The number of carbonyl (C=O) groups is 1. The Balaban J connectivity index is 1.84. The summed E-state index contributed by atoms with van der Waals surface area (Å²) in [5.74, 6) is 0.473. The Hall–Kier alpha value is -1.92. The lowest BCUT2D eigenvalue weighted by Gasteiger charge is -2.06. The lowest BCUT2D eigenvalue weighted by Crippen LogP contribution is -2.23. The molecule has 24 heavy (non-hydrogen) atoms. The SMILES string of the molecule is Cc1csc(/N=C2/S/C(=C\c3ccc(C(C)C)cc3)C(=O)N2C)n1. The molecule has 0 radical (unpaired) electrons. The number of likely N-dealkylation sites (N-methyl/N-ethyl adjacent to an activating group) is 1. The van der Waals surface area contributed by atoms with Gasteiger partial charge in [-0.2, -0.15) is 4.99 Å². The van der Waals surface area contributed by atoms with Gasteiger partial charge in [0, 0.05) is 12.4 Å². The molecule has 124 valence electrons. The van der Waals surface area contributed by atoms with E-state index >= 15 is 0 Å². The number of thiazole rings is 1. The third kappa shape index (κ3) is 3.60. The Kier molecular flexibility index (Phi) is 4.87. The van der Waals surface area contributed by atoms with Gasteiger partial charge in [0.15, 0.2) is 5.17 Å². The van der Waals surface area contributed by atoms with Crippen LogP contribution in [0.15, 0.2) is 39.5 Å². The van der Waals surface area contributed by atoms with E-state index < -0.39 is 0 Å². The Morgan fingerprint density at radius 2 is 1.96 bits per heavy atom. The molecule has 0 spiro atoms. The first kappa shape index (κ1) is 16.9. The van der Waals surface area contributed by atoms with Crippen molar-refractivity contribution in [3.05, 3.63) is 51.4 Å². The van der Waals surface area contributed by atoms with Crippen molar-refractivity contribution >= 4 is 45.4 Å². The molecule has 1 aromatic heterocycles. The third-order valence-electron chi connectivity index (χ3n) is 3.70. The number of aromatic nitrogens is 1. The van der Waals surface area contributed by atoms with Crippen molar-refractivity contribution < 1.29 is 4.79 Å². The normalized spacial score (nSPS) is 18.4. The molecule has 0 bridgehead atoms. The van der Waals surface area contributed by atoms with Gasteiger partial charge in [-0.25, -0.2) is 4.98 Å². The van der Waals surface area contributed by atoms with Gasteiger partial charge in [0.25, 0.3) is 5.91 Å². The number of benzene rings is 1. The summed E-state index contributed by atoms with van der Waals surface area (Å²) >= 11 is 2.87. The predicted octanol–water partition coefficient (Wildman–Crippen LogP) is 4.81. The predicted molar refractivity (Wildman–Crippen MR) is 103 cm³/mol. The van der Waals surface area contributed by atoms with E-state index in [1.54, 1.807) is 11.9 Å². The molecule has 2 aromatic rings. The molecule has 1 amide bonds. The maximum Gasteiger partial charge on any atom is 0.266 e. The Labute approximate surface area is 150 Å². The van der Waals surface area contributed by atoms with Crippen molar-refractivity contribution in [3.8, 4) is 0 Å². The highest BCUT2D eigenvalue weighted by molar-refractivity contribution is 8.18. The fourth-order valence-electron chi connectivity index (χ4n) is 2.25. The molecular formula is C18H19N3OS2. The monoisotopic (exact) mass is 357 g/mol. The van der Waals surface area contributed by atoms with E-state index in [2.05, 4.69) is 48.1 Å². The second-order valence-electron chi connectivity index (χ2n) is 5.96. The van der Waals surface area contributed by atoms with Crippen LogP contribution in [0.4, 0.5) is 5.13 Å². The van der Waals surface area contributed by atoms with Gasteiger partial charge in [0.2, 0.25) is 5.13 Å². The van der Waals surface area contributed by atoms with Gasteiger partial charge >= 0.3 is 0 Å². The number of hydrogen-bond donors (Lipinski definition) is 0. The van der Waals surface area contributed by atoms with Crippen LogP contribution in [-0.4, -0.2) is 28.0 Å². The minimum absolute atomic E-state index is 0.0278. The van der Waals surface area contributed by atoms with Gasteiger partial charge in [-0.3, -0.25) is 9.69 Å². The van der Waals surface area contributed by atoms with Crippen molar-refractivity contribution in [2.75, 3.05) is 7.05 Å². The second kappa shape index (κ2) is 6.91. The zero-order chi connectivity index (χ0) is 17.3. The van der Waals surface area contributed by atoms with Crippen LogP contribution in [-0.2, 0) is 4.79 Å². The summed E-state index contributed by atoms with van der Waals surface area (Å²) < 4.78 is 0. The number of aliphatic imine (C=N–C) groups is 1. The summed E-state index contributed by atoms with van der Waals surface area (Å²) in [6, 6.07) is 8.32. The van der Waals surface area contributed by atoms with Crippen molar-refractivity contribution in [2.24, 2.45) is 4.99 Å². The molecule has 0 N–H and O–H groups in total. The van der Waals surface area contributed by atoms with Gasteiger partial charge in [-0.05, 0) is 41.8 Å². The lowest BCUT2D eigenvalue weighted by molar-refractivity contribution is -0.121. The van der Waals surface area contributed by atoms with E-state index in [4.69, 9.17) is 0 Å². The molecule has 1 aliphatic rings. The smallest absolute Gasteiger partial charge is 0.266 e. The van der Waals surface area contributed by atoms with Crippen LogP contribution in [0.2, 0.25) is 0 Å². The van der Waals surface area contributed by atoms with Crippen LogP contribution in [0.25, 0.3) is 6.08 Å². The third-order valence-corrected chi connectivity index (χ3v) is 5.62. The second-order valence-corrected chi connectivity index (χ2v) is 7.81. The zero-order valence-electron chi connectivity index (χ0n) is 14.1. The molecule has 2 heterocycles. The van der Waals surface area contributed by atoms with E-state index in [1.807, 2.05) is 18.4 Å². The molecule has 0 atom stereocenters. The molecular weight excluding hydrogens is 338 g/mol. The summed E-state index contributed by atoms with van der Waals surface area (Å²) in [5.41, 5.74) is 3.26. The van der Waals surface area contributed by atoms with E-state index in [9.17, 15) is 4.79 Å². The van der Waals surface area contributed by atoms with Crippen molar-refractivity contribution in [2.45, 2.75) is 26.7 Å². The molecule has 0 aliphatic carbocycles. The molecule has 0 unspecified atom stereocenters. The number of amides is 1. The molecule has 4 nitrogen and oxygen atoms in total. The highest BCUT2D eigenvalue weighted by Crippen LogP contribution is 2.33. The maximum atomic E-state index is 12.4. The standard InChI is InChI=1S/C18H19N3OS2/c1-11(2)14-7-5-13(6-8-14)9-15-16(22)21(4)18(24-15)20-17-19-12(3)10-23-17/h5-11H,1-4H3/b15-9-,20-18+. The summed E-state index contributed by atoms with van der Waals surface area (Å²) in [7, 11) is 1.75. The molecule has 0 saturated carbocycles. The molecule has 1 saturated heterocycles. The molecule has 6 heteroatoms. The number of nitrogens with zero attached hydrogens (tertiary/aromatic N) is 3. The summed E-state index contributed by atoms with van der Waals surface area (Å²) in [5, 5.41) is 3.30. The topological polar surface area (TPSA) is 45.6 Å². The number of amidine groups is 1. The number of rotatable bonds is 3. The number of aryl methyl sites for hydroxylation is 1. The molecule has 1 aromatic carbocycles. The van der Waals surface area contributed by atoms with Crippen LogP contribution in [0.3, 0.4) is 0 Å². The van der Waals surface area contributed by atoms with E-state index in [-0.39, 0.29) is 5.91 Å². The van der Waals surface area contributed by atoms with Crippen LogP contribution >= 0.6 is 23.1 Å². The first-order valence-corrected chi connectivity index (χ1v) is 9.42. The minimum Gasteiger partial charge on any atom is -0.289 e. The largest absolute Gasteiger partial charge is 0.289 e. The van der Waals surface area contributed by atoms with E-state index in [0.717, 1.165) is 11.3 Å². The lowest BCUT2D eigenvalue weighted by atomic mass is 10.0. The Morgan fingerprint density at radius 1 is 1.25 bits per heavy atom. The maximum absolute atomic E-state index is 12.4. The number of carbonyl (C=O) groups excluding carboxylic acids is 1. The van der Waals surface area contributed by atoms with Gasteiger partial charge in [0.05, 0.1) is 10.6 Å². The van der Waals surface area contributed by atoms with Gasteiger partial charge in [0.1, 0.15) is 0 Å². The molecule has 1 aliphatic heterocycles. The van der Waals surface area contributed by atoms with Crippen LogP contribution in [0.1, 0.15) is 36.6 Å². The average Bonchev–Trinajstić information content (AvgIpc) is 3.07. The molecule has 1 fully saturated rings. The van der Waals surface area contributed by atoms with Crippen LogP contribution in [0, 0.1) is 6.92 Å². The van der Waals surface area contributed by atoms with Crippen LogP contribution in [0.5, 0.6) is 0 Å². The van der Waals surface area contributed by atoms with Crippen LogP contribution < -0.4 is 0 Å². The zero-order valence-corrected chi connectivity index (χ0v) is 15.7. The summed E-state index contributed by atoms with van der Waals surface area (Å²) in [6.07, 6.45) is 1.92. The van der Waals surface area contributed by atoms with E-state index in [0.29, 0.717) is 21.1 Å². The van der Waals surface area contributed by atoms with Crippen molar-refractivity contribution in [1.29, 1.82) is 0 Å². The molecule has 3 rings (SSSR count). The summed E-state index contributed by atoms with van der Waals surface area (Å²) in [6.45, 7) is 6.27. The quantitative estimate of drug-likeness (QED) is 0.741. The Morgan fingerprint density at radius 3 is 2.54 bits per heavy atom. The van der Waals surface area contributed by atoms with Crippen molar-refractivity contribution in [1.82, 2.24) is 9.88 Å². The average molecular weight is 358 g/mol. The fourth-order valence-corrected chi connectivity index (χ4v) is 3.95. The summed E-state index contributed by atoms with van der Waals surface area (Å²) in [4.78, 5) is 23.5. The van der Waals surface area contributed by atoms with Gasteiger partial charge in [-0.15, -0.1) is 11.3 Å². The Bertz CT molecular complexity index is 819. The first-order valence-electron chi connectivity index (χ1n) is 7.72. The van der Waals surface area contributed by atoms with Crippen molar-refractivity contribution in [3.63, 3.8) is 0 Å². The first-order chi connectivity index (χ1) is 11.4. The van der Waals surface area contributed by atoms with Gasteiger partial charge < -0.3 is 0 Å². The fraction of sp³-hybridized carbons (Fsp3) is 0.278. The highest BCUT2D eigenvalue weighted by atomic mass is 32.2. The van der Waals surface area contributed by atoms with E-state index in [1.165, 1.54) is 28.7 Å². The number of hydrogen-bond acceptors (Lipinski definition) is 5. The van der Waals surface area contributed by atoms with Gasteiger partial charge in [-0.1, -0.05) is 38.1 Å². The number of thioether (sulfide) groups is 1.